The van der Waals surface area contributed by atoms with Crippen LogP contribution in [-0.4, -0.2) is 5.78 Å². The zero-order chi connectivity index (χ0) is 13.2. The van der Waals surface area contributed by atoms with E-state index in [4.69, 9.17) is 0 Å². The van der Waals surface area contributed by atoms with Crippen LogP contribution >= 0.6 is 0 Å². The SMILES string of the molecule is CC(C)C(=O)Cc1ccc(F)cc1C(F)(F)F. The van der Waals surface area contributed by atoms with Crippen molar-refractivity contribution in [3.05, 3.63) is 35.1 Å². The number of ketones is 1. The third-order valence-corrected chi connectivity index (χ3v) is 2.39. The Labute approximate surface area is 96.4 Å². The van der Waals surface area contributed by atoms with Crippen molar-refractivity contribution < 1.29 is 22.4 Å². The van der Waals surface area contributed by atoms with E-state index in [-0.39, 0.29) is 23.7 Å². The fraction of sp³-hybridized carbons (Fsp3) is 0.417. The van der Waals surface area contributed by atoms with Crippen molar-refractivity contribution in [2.24, 2.45) is 5.92 Å². The maximum atomic E-state index is 12.8. The number of rotatable bonds is 3. The molecular formula is C12H12F4O. The number of benzene rings is 1. The molecule has 0 radical (unpaired) electrons. The number of Topliss-reactive ketones (excluding diaryl/α,β-unsaturated/α-hetero) is 1. The molecule has 0 aromatic heterocycles. The molecule has 0 fully saturated rings. The second kappa shape index (κ2) is 4.85. The minimum atomic E-state index is -4.64. The third-order valence-electron chi connectivity index (χ3n) is 2.39. The van der Waals surface area contributed by atoms with Gasteiger partial charge < -0.3 is 0 Å². The molecule has 0 amide bonds. The zero-order valence-corrected chi connectivity index (χ0v) is 9.44. The highest BCUT2D eigenvalue weighted by molar-refractivity contribution is 5.82. The van der Waals surface area contributed by atoms with E-state index in [1.807, 2.05) is 0 Å². The Bertz CT molecular complexity index is 421. The summed E-state index contributed by atoms with van der Waals surface area (Å²) in [5.74, 6) is -1.61. The van der Waals surface area contributed by atoms with E-state index >= 15 is 0 Å². The van der Waals surface area contributed by atoms with Gasteiger partial charge in [-0.3, -0.25) is 4.79 Å². The second-order valence-electron chi connectivity index (χ2n) is 4.10. The normalized spacial score (nSPS) is 11.9. The van der Waals surface area contributed by atoms with Crippen molar-refractivity contribution in [3.63, 3.8) is 0 Å². The molecule has 1 nitrogen and oxygen atoms in total. The van der Waals surface area contributed by atoms with Crippen LogP contribution in [0, 0.1) is 11.7 Å². The van der Waals surface area contributed by atoms with Crippen LogP contribution < -0.4 is 0 Å². The van der Waals surface area contributed by atoms with E-state index in [1.165, 1.54) is 0 Å². The zero-order valence-electron chi connectivity index (χ0n) is 9.44. The van der Waals surface area contributed by atoms with Crippen molar-refractivity contribution in [2.45, 2.75) is 26.4 Å². The van der Waals surface area contributed by atoms with Crippen LogP contribution in [0.5, 0.6) is 0 Å². The lowest BCUT2D eigenvalue weighted by Crippen LogP contribution is -2.16. The number of halogens is 4. The van der Waals surface area contributed by atoms with Gasteiger partial charge in [-0.25, -0.2) is 4.39 Å². The van der Waals surface area contributed by atoms with Crippen molar-refractivity contribution >= 4 is 5.78 Å². The molecule has 1 aromatic carbocycles. The number of carbonyl (C=O) groups excluding carboxylic acids is 1. The summed E-state index contributed by atoms with van der Waals surface area (Å²) in [7, 11) is 0. The summed E-state index contributed by atoms with van der Waals surface area (Å²) >= 11 is 0. The molecule has 0 unspecified atom stereocenters. The van der Waals surface area contributed by atoms with Crippen LogP contribution in [0.25, 0.3) is 0 Å². The molecule has 94 valence electrons. The Kier molecular flexibility index (Phi) is 3.91. The largest absolute Gasteiger partial charge is 0.416 e. The van der Waals surface area contributed by atoms with E-state index < -0.39 is 17.6 Å². The molecule has 0 atom stereocenters. The average Bonchev–Trinajstić information content (AvgIpc) is 2.18. The molecule has 0 aliphatic heterocycles. The van der Waals surface area contributed by atoms with Gasteiger partial charge in [-0.15, -0.1) is 0 Å². The number of hydrogen-bond donors (Lipinski definition) is 0. The van der Waals surface area contributed by atoms with Gasteiger partial charge >= 0.3 is 6.18 Å². The van der Waals surface area contributed by atoms with Gasteiger partial charge in [0.2, 0.25) is 0 Å². The quantitative estimate of drug-likeness (QED) is 0.747. The standard InChI is InChI=1S/C12H12F4O/c1-7(2)11(17)5-8-3-4-9(13)6-10(8)12(14,15)16/h3-4,6-7H,5H2,1-2H3. The molecule has 0 saturated heterocycles. The molecular weight excluding hydrogens is 236 g/mol. The summed E-state index contributed by atoms with van der Waals surface area (Å²) in [5, 5.41) is 0. The van der Waals surface area contributed by atoms with Crippen molar-refractivity contribution in [1.29, 1.82) is 0 Å². The maximum Gasteiger partial charge on any atom is 0.416 e. The van der Waals surface area contributed by atoms with Gasteiger partial charge in [0.15, 0.2) is 0 Å². The number of hydrogen-bond acceptors (Lipinski definition) is 1. The molecule has 0 spiro atoms. The maximum absolute atomic E-state index is 12.8. The van der Waals surface area contributed by atoms with Gasteiger partial charge in [-0.05, 0) is 17.7 Å². The van der Waals surface area contributed by atoms with E-state index in [1.54, 1.807) is 13.8 Å². The van der Waals surface area contributed by atoms with Crippen LogP contribution in [-0.2, 0) is 17.4 Å². The van der Waals surface area contributed by atoms with Crippen LogP contribution in [0.4, 0.5) is 17.6 Å². The highest BCUT2D eigenvalue weighted by Crippen LogP contribution is 2.33. The van der Waals surface area contributed by atoms with Crippen LogP contribution in [0.2, 0.25) is 0 Å². The Morgan fingerprint density at radius 3 is 2.35 bits per heavy atom. The molecule has 1 aromatic rings. The minimum absolute atomic E-state index is 0.183. The molecule has 0 heterocycles. The van der Waals surface area contributed by atoms with Crippen molar-refractivity contribution in [1.82, 2.24) is 0 Å². The summed E-state index contributed by atoms with van der Waals surface area (Å²) in [6.07, 6.45) is -4.97. The summed E-state index contributed by atoms with van der Waals surface area (Å²) in [4.78, 5) is 11.4. The molecule has 0 N–H and O–H groups in total. The van der Waals surface area contributed by atoms with Crippen molar-refractivity contribution in [3.8, 4) is 0 Å². The number of carbonyl (C=O) groups is 1. The summed E-state index contributed by atoms with van der Waals surface area (Å²) < 4.78 is 50.6. The van der Waals surface area contributed by atoms with Crippen LogP contribution in [0.1, 0.15) is 25.0 Å². The smallest absolute Gasteiger partial charge is 0.299 e. The molecule has 1 rings (SSSR count). The highest BCUT2D eigenvalue weighted by Gasteiger charge is 2.34. The molecule has 0 saturated carbocycles. The Hall–Kier alpha value is -1.39. The Morgan fingerprint density at radius 1 is 1.29 bits per heavy atom. The van der Waals surface area contributed by atoms with E-state index in [2.05, 4.69) is 0 Å². The lowest BCUT2D eigenvalue weighted by atomic mass is 9.97. The number of alkyl halides is 3. The van der Waals surface area contributed by atoms with Gasteiger partial charge in [0.25, 0.3) is 0 Å². The Morgan fingerprint density at radius 2 is 1.88 bits per heavy atom. The molecule has 5 heteroatoms. The molecule has 0 aliphatic rings. The lowest BCUT2D eigenvalue weighted by molar-refractivity contribution is -0.138. The van der Waals surface area contributed by atoms with Gasteiger partial charge in [-0.1, -0.05) is 19.9 Å². The first kappa shape index (κ1) is 13.7. The van der Waals surface area contributed by atoms with Gasteiger partial charge in [-0.2, -0.15) is 13.2 Å². The lowest BCUT2D eigenvalue weighted by Gasteiger charge is -2.13. The van der Waals surface area contributed by atoms with Crippen LogP contribution in [0.3, 0.4) is 0 Å². The summed E-state index contributed by atoms with van der Waals surface area (Å²) in [6.45, 7) is 3.22. The fourth-order valence-electron chi connectivity index (χ4n) is 1.36. The second-order valence-corrected chi connectivity index (χ2v) is 4.10. The monoisotopic (exact) mass is 248 g/mol. The first-order valence-electron chi connectivity index (χ1n) is 5.10. The van der Waals surface area contributed by atoms with Gasteiger partial charge in [0.1, 0.15) is 11.6 Å². The summed E-state index contributed by atoms with van der Waals surface area (Å²) in [5.41, 5.74) is -1.26. The van der Waals surface area contributed by atoms with Crippen LogP contribution in [0.15, 0.2) is 18.2 Å². The highest BCUT2D eigenvalue weighted by atomic mass is 19.4. The predicted octanol–water partition coefficient (Wildman–Crippen LogP) is 3.61. The van der Waals surface area contributed by atoms with E-state index in [0.29, 0.717) is 6.07 Å². The van der Waals surface area contributed by atoms with Crippen molar-refractivity contribution in [2.75, 3.05) is 0 Å². The topological polar surface area (TPSA) is 17.1 Å². The third kappa shape index (κ3) is 3.54. The first-order chi connectivity index (χ1) is 7.71. The van der Waals surface area contributed by atoms with E-state index in [0.717, 1.165) is 12.1 Å². The predicted molar refractivity (Wildman–Crippen MR) is 55.0 cm³/mol. The van der Waals surface area contributed by atoms with Gasteiger partial charge in [0, 0.05) is 12.3 Å². The molecule has 0 aliphatic carbocycles. The Balaban J connectivity index is 3.12. The summed E-state index contributed by atoms with van der Waals surface area (Å²) in [6, 6.07) is 2.36. The minimum Gasteiger partial charge on any atom is -0.299 e. The molecule has 17 heavy (non-hydrogen) atoms. The van der Waals surface area contributed by atoms with Gasteiger partial charge in [0.05, 0.1) is 5.56 Å². The first-order valence-corrected chi connectivity index (χ1v) is 5.10. The average molecular weight is 248 g/mol. The molecule has 0 bridgehead atoms. The van der Waals surface area contributed by atoms with E-state index in [9.17, 15) is 22.4 Å². The fourth-order valence-corrected chi connectivity index (χ4v) is 1.36.